The number of hydrogen-bond donors (Lipinski definition) is 1. The first kappa shape index (κ1) is 27.3. The van der Waals surface area contributed by atoms with E-state index >= 15 is 0 Å². The molecule has 1 saturated carbocycles. The van der Waals surface area contributed by atoms with Crippen LogP contribution < -0.4 is 4.74 Å². The van der Waals surface area contributed by atoms with E-state index in [4.69, 9.17) is 18.8 Å². The first-order chi connectivity index (χ1) is 15.7. The molecule has 0 saturated heterocycles. The van der Waals surface area contributed by atoms with Gasteiger partial charge in [-0.3, -0.25) is 14.1 Å². The number of allylic oxidation sites excluding steroid dienone is 2. The summed E-state index contributed by atoms with van der Waals surface area (Å²) in [6, 6.07) is 2.97. The number of halogens is 2. The van der Waals surface area contributed by atoms with E-state index in [0.717, 1.165) is 0 Å². The van der Waals surface area contributed by atoms with Crippen molar-refractivity contribution < 1.29 is 41.6 Å². The van der Waals surface area contributed by atoms with Crippen LogP contribution in [0.2, 0.25) is 0 Å². The van der Waals surface area contributed by atoms with Crippen LogP contribution in [-0.4, -0.2) is 48.8 Å². The quantitative estimate of drug-likeness (QED) is 0.148. The van der Waals surface area contributed by atoms with E-state index < -0.39 is 57.8 Å². The normalized spacial score (nSPS) is 23.6. The smallest absolute Gasteiger partial charge is 0.339 e. The molecule has 4 atom stereocenters. The molecule has 0 heterocycles. The van der Waals surface area contributed by atoms with Gasteiger partial charge in [-0.2, -0.15) is 8.42 Å². The van der Waals surface area contributed by atoms with Gasteiger partial charge in [0.2, 0.25) is 0 Å². The molecule has 2 aliphatic rings. The molecule has 3 rings (SSSR count). The second kappa shape index (κ2) is 10.4. The van der Waals surface area contributed by atoms with Crippen LogP contribution in [0.4, 0.5) is 0 Å². The fourth-order valence-electron chi connectivity index (χ4n) is 4.09. The minimum absolute atomic E-state index is 0.0793. The van der Waals surface area contributed by atoms with Gasteiger partial charge in [0.1, 0.15) is 23.7 Å². The minimum atomic E-state index is -4.27. The van der Waals surface area contributed by atoms with Crippen molar-refractivity contribution in [1.82, 2.24) is 0 Å². The molecule has 0 aliphatic heterocycles. The molecule has 1 aromatic rings. The zero-order chi connectivity index (χ0) is 25.4. The standard InChI is InChI=1S/C22H24I2O9S/c1-22(2,3)33-21(27)18-12-5-4-11(8-12)17(18)20(26)32-16-9-13(14(23)10-15(16)24)19(25)31-6-7-34(28,29)30/h4-5,9-12,17-18H,6-8H2,1-3H3,(H,28,29,30). The van der Waals surface area contributed by atoms with Crippen LogP contribution in [0, 0.1) is 30.8 Å². The summed E-state index contributed by atoms with van der Waals surface area (Å²) >= 11 is 3.88. The molecule has 0 aromatic heterocycles. The molecule has 0 amide bonds. The lowest BCUT2D eigenvalue weighted by Gasteiger charge is -2.28. The maximum absolute atomic E-state index is 13.2. The zero-order valence-electron chi connectivity index (χ0n) is 18.6. The molecule has 186 valence electrons. The first-order valence-electron chi connectivity index (χ1n) is 10.4. The van der Waals surface area contributed by atoms with Gasteiger partial charge in [-0.05, 0) is 96.3 Å². The second-order valence-corrected chi connectivity index (χ2v) is 13.0. The fourth-order valence-corrected chi connectivity index (χ4v) is 6.25. The lowest BCUT2D eigenvalue weighted by Crippen LogP contribution is -2.39. The Bertz CT molecular complexity index is 1140. The predicted octanol–water partition coefficient (Wildman–Crippen LogP) is 3.63. The number of benzene rings is 1. The Kier molecular flexibility index (Phi) is 8.35. The van der Waals surface area contributed by atoms with Crippen LogP contribution >= 0.6 is 45.2 Å². The Balaban J connectivity index is 1.78. The van der Waals surface area contributed by atoms with Gasteiger partial charge in [-0.25, -0.2) is 4.79 Å². The van der Waals surface area contributed by atoms with Crippen molar-refractivity contribution in [2.75, 3.05) is 12.4 Å². The molecular weight excluding hydrogens is 694 g/mol. The molecule has 34 heavy (non-hydrogen) atoms. The van der Waals surface area contributed by atoms with Crippen LogP contribution in [0.15, 0.2) is 24.3 Å². The van der Waals surface area contributed by atoms with Gasteiger partial charge in [-0.15, -0.1) is 0 Å². The monoisotopic (exact) mass is 718 g/mol. The lowest BCUT2D eigenvalue weighted by atomic mass is 9.83. The SMILES string of the molecule is CC(C)(C)OC(=O)C1C2C=CC(C2)C1C(=O)Oc1cc(C(=O)OCCS(=O)(=O)O)c(I)cc1I. The van der Waals surface area contributed by atoms with Gasteiger partial charge in [-0.1, -0.05) is 12.2 Å². The number of carbonyl (C=O) groups is 3. The Morgan fingerprint density at radius 2 is 1.62 bits per heavy atom. The summed E-state index contributed by atoms with van der Waals surface area (Å²) in [5, 5.41) is 0. The first-order valence-corrected chi connectivity index (χ1v) is 14.2. The van der Waals surface area contributed by atoms with Crippen molar-refractivity contribution in [3.63, 3.8) is 0 Å². The number of esters is 3. The maximum atomic E-state index is 13.2. The molecule has 9 nitrogen and oxygen atoms in total. The highest BCUT2D eigenvalue weighted by Crippen LogP contribution is 2.49. The molecule has 2 aliphatic carbocycles. The predicted molar refractivity (Wildman–Crippen MR) is 138 cm³/mol. The van der Waals surface area contributed by atoms with E-state index in [1.54, 1.807) is 26.8 Å². The highest BCUT2D eigenvalue weighted by Gasteiger charge is 2.53. The Morgan fingerprint density at radius 3 is 2.18 bits per heavy atom. The summed E-state index contributed by atoms with van der Waals surface area (Å²) in [5.74, 6) is -4.03. The average Bonchev–Trinajstić information content (AvgIpc) is 3.29. The van der Waals surface area contributed by atoms with Crippen molar-refractivity contribution in [1.29, 1.82) is 0 Å². The van der Waals surface area contributed by atoms with E-state index in [2.05, 4.69) is 0 Å². The zero-order valence-corrected chi connectivity index (χ0v) is 23.7. The molecular formula is C22H24I2O9S. The number of ether oxygens (including phenoxy) is 3. The Morgan fingerprint density at radius 1 is 1.03 bits per heavy atom. The molecule has 12 heteroatoms. The van der Waals surface area contributed by atoms with Crippen molar-refractivity contribution in [2.45, 2.75) is 32.8 Å². The topological polar surface area (TPSA) is 133 Å². The molecule has 1 N–H and O–H groups in total. The van der Waals surface area contributed by atoms with Gasteiger partial charge in [0.25, 0.3) is 10.1 Å². The number of fused-ring (bicyclic) bond motifs is 2. The van der Waals surface area contributed by atoms with Crippen LogP contribution in [0.1, 0.15) is 37.6 Å². The van der Waals surface area contributed by atoms with Gasteiger partial charge in [0.15, 0.2) is 0 Å². The molecule has 4 unspecified atom stereocenters. The van der Waals surface area contributed by atoms with Crippen molar-refractivity contribution in [3.05, 3.63) is 37.0 Å². The Labute approximate surface area is 225 Å². The molecule has 1 fully saturated rings. The van der Waals surface area contributed by atoms with Gasteiger partial charge >= 0.3 is 17.9 Å². The van der Waals surface area contributed by atoms with Crippen LogP contribution in [0.3, 0.4) is 0 Å². The second-order valence-electron chi connectivity index (χ2n) is 9.14. The summed E-state index contributed by atoms with van der Waals surface area (Å²) in [4.78, 5) is 38.5. The van der Waals surface area contributed by atoms with E-state index in [-0.39, 0.29) is 23.1 Å². The van der Waals surface area contributed by atoms with E-state index in [1.165, 1.54) is 6.07 Å². The lowest BCUT2D eigenvalue weighted by molar-refractivity contribution is -0.166. The van der Waals surface area contributed by atoms with Crippen LogP contribution in [-0.2, 0) is 29.2 Å². The number of rotatable bonds is 7. The van der Waals surface area contributed by atoms with Crippen molar-refractivity contribution in [2.24, 2.45) is 23.7 Å². The number of hydrogen-bond acceptors (Lipinski definition) is 8. The van der Waals surface area contributed by atoms with Crippen LogP contribution in [0.5, 0.6) is 5.75 Å². The Hall–Kier alpha value is -1.26. The molecule has 2 bridgehead atoms. The maximum Gasteiger partial charge on any atom is 0.339 e. The summed E-state index contributed by atoms with van der Waals surface area (Å²) < 4.78 is 47.7. The van der Waals surface area contributed by atoms with Crippen molar-refractivity contribution >= 4 is 73.2 Å². The van der Waals surface area contributed by atoms with Gasteiger partial charge < -0.3 is 14.2 Å². The van der Waals surface area contributed by atoms with Crippen molar-refractivity contribution in [3.8, 4) is 5.75 Å². The average molecular weight is 718 g/mol. The van der Waals surface area contributed by atoms with Gasteiger partial charge in [0.05, 0.1) is 21.0 Å². The molecule has 1 aromatic carbocycles. The van der Waals surface area contributed by atoms with E-state index in [9.17, 15) is 22.8 Å². The number of carbonyl (C=O) groups excluding carboxylic acids is 3. The highest BCUT2D eigenvalue weighted by atomic mass is 127. The summed E-state index contributed by atoms with van der Waals surface area (Å²) in [5.41, 5.74) is -0.608. The summed E-state index contributed by atoms with van der Waals surface area (Å²) in [7, 11) is -4.27. The van der Waals surface area contributed by atoms with E-state index in [1.807, 2.05) is 57.3 Å². The molecule has 0 radical (unpaired) electrons. The minimum Gasteiger partial charge on any atom is -0.461 e. The largest absolute Gasteiger partial charge is 0.461 e. The highest BCUT2D eigenvalue weighted by molar-refractivity contribution is 14.1. The third-order valence-electron chi connectivity index (χ3n) is 5.44. The third kappa shape index (κ3) is 6.69. The molecule has 0 spiro atoms. The van der Waals surface area contributed by atoms with E-state index in [0.29, 0.717) is 13.6 Å². The summed E-state index contributed by atoms with van der Waals surface area (Å²) in [6.45, 7) is 4.79. The third-order valence-corrected chi connectivity index (χ3v) is 7.85. The summed E-state index contributed by atoms with van der Waals surface area (Å²) in [6.07, 6.45) is 4.53. The van der Waals surface area contributed by atoms with Gasteiger partial charge in [0, 0.05) is 3.57 Å². The van der Waals surface area contributed by atoms with Crippen LogP contribution in [0.25, 0.3) is 0 Å². The fraction of sp³-hybridized carbons (Fsp3) is 0.500.